The maximum atomic E-state index is 13.1. The van der Waals surface area contributed by atoms with Gasteiger partial charge in [-0.25, -0.2) is 8.42 Å². The molecule has 0 saturated carbocycles. The molecule has 1 fully saturated rings. The predicted octanol–water partition coefficient (Wildman–Crippen LogP) is 3.06. The second-order valence-electron chi connectivity index (χ2n) is 7.29. The molecule has 31 heavy (non-hydrogen) atoms. The fourth-order valence-electron chi connectivity index (χ4n) is 3.44. The number of carbonyl (C=O) groups is 1. The molecule has 166 valence electrons. The number of hydrogen-bond acceptors (Lipinski definition) is 5. The van der Waals surface area contributed by atoms with Gasteiger partial charge in [-0.05, 0) is 30.7 Å². The van der Waals surface area contributed by atoms with Crippen LogP contribution in [0.3, 0.4) is 0 Å². The van der Waals surface area contributed by atoms with Crippen LogP contribution in [0.2, 0.25) is 0 Å². The topological polar surface area (TPSA) is 79.0 Å². The normalized spacial score (nSPS) is 15.8. The van der Waals surface area contributed by atoms with Gasteiger partial charge in [0.1, 0.15) is 5.75 Å². The highest BCUT2D eigenvalue weighted by Gasteiger charge is 2.29. The summed E-state index contributed by atoms with van der Waals surface area (Å²) < 4.78 is 33.3. The summed E-state index contributed by atoms with van der Waals surface area (Å²) in [5.74, 6) is 0.166. The lowest BCUT2D eigenvalue weighted by molar-refractivity contribution is -0.114. The summed E-state index contributed by atoms with van der Waals surface area (Å²) in [6.07, 6.45) is 4.18. The van der Waals surface area contributed by atoms with E-state index < -0.39 is 10.0 Å². The van der Waals surface area contributed by atoms with E-state index >= 15 is 0 Å². The molecular weight excluding hydrogens is 414 g/mol. The molecular formula is C23H29N3O4S. The summed E-state index contributed by atoms with van der Waals surface area (Å²) >= 11 is 0. The molecule has 0 aliphatic carbocycles. The molecule has 0 spiro atoms. The van der Waals surface area contributed by atoms with Crippen molar-refractivity contribution in [2.75, 3.05) is 44.6 Å². The van der Waals surface area contributed by atoms with Crippen LogP contribution < -0.4 is 10.1 Å². The number of benzene rings is 2. The highest BCUT2D eigenvalue weighted by Crippen LogP contribution is 2.29. The van der Waals surface area contributed by atoms with E-state index in [0.717, 1.165) is 12.1 Å². The Kier molecular flexibility index (Phi) is 7.84. The zero-order valence-electron chi connectivity index (χ0n) is 18.0. The molecule has 1 heterocycles. The van der Waals surface area contributed by atoms with E-state index in [9.17, 15) is 13.2 Å². The van der Waals surface area contributed by atoms with Gasteiger partial charge in [0.05, 0.1) is 17.2 Å². The molecule has 0 atom stereocenters. The molecule has 0 bridgehead atoms. The van der Waals surface area contributed by atoms with Crippen molar-refractivity contribution in [1.29, 1.82) is 0 Å². The van der Waals surface area contributed by atoms with Crippen molar-refractivity contribution >= 4 is 27.7 Å². The second-order valence-corrected chi connectivity index (χ2v) is 9.23. The molecule has 0 radical (unpaired) electrons. The van der Waals surface area contributed by atoms with Crippen LogP contribution in [0.15, 0.2) is 59.5 Å². The molecule has 1 aliphatic rings. The molecule has 1 amide bonds. The Balaban J connectivity index is 1.64. The number of sulfonamides is 1. The van der Waals surface area contributed by atoms with Crippen LogP contribution in [0, 0.1) is 0 Å². The fourth-order valence-corrected chi connectivity index (χ4v) is 4.89. The minimum absolute atomic E-state index is 0.150. The van der Waals surface area contributed by atoms with Gasteiger partial charge >= 0.3 is 0 Å². The molecule has 0 aromatic heterocycles. The first kappa shape index (κ1) is 23.0. The van der Waals surface area contributed by atoms with Crippen molar-refractivity contribution in [3.63, 3.8) is 0 Å². The quantitative estimate of drug-likeness (QED) is 0.678. The van der Waals surface area contributed by atoms with Gasteiger partial charge in [0.25, 0.3) is 0 Å². The van der Waals surface area contributed by atoms with Crippen LogP contribution in [0.25, 0.3) is 6.08 Å². The Morgan fingerprint density at radius 2 is 1.81 bits per heavy atom. The first-order valence-corrected chi connectivity index (χ1v) is 11.8. The molecule has 1 N–H and O–H groups in total. The van der Waals surface area contributed by atoms with Crippen molar-refractivity contribution in [2.45, 2.75) is 18.7 Å². The van der Waals surface area contributed by atoms with Gasteiger partial charge in [-0.15, -0.1) is 0 Å². The standard InChI is InChI=1S/C23H29N3O4S/c1-3-30-23-12-11-21(18-22(23)24-19(2)27)31(28,29)26-16-14-25(15-17-26)13-7-10-20-8-5-4-6-9-20/h4-12,18H,3,13-17H2,1-2H3,(H,24,27)/b10-7+. The van der Waals surface area contributed by atoms with Crippen LogP contribution in [0.5, 0.6) is 5.75 Å². The van der Waals surface area contributed by atoms with Crippen LogP contribution in [-0.2, 0) is 14.8 Å². The third-order valence-electron chi connectivity index (χ3n) is 5.00. The van der Waals surface area contributed by atoms with Crippen LogP contribution in [-0.4, -0.2) is 62.9 Å². The smallest absolute Gasteiger partial charge is 0.243 e. The van der Waals surface area contributed by atoms with E-state index in [-0.39, 0.29) is 10.8 Å². The summed E-state index contributed by atoms with van der Waals surface area (Å²) in [7, 11) is -3.66. The Hall–Kier alpha value is -2.68. The number of nitrogens with zero attached hydrogens (tertiary/aromatic N) is 2. The SMILES string of the molecule is CCOc1ccc(S(=O)(=O)N2CCN(C/C=C/c3ccccc3)CC2)cc1NC(C)=O. The molecule has 1 saturated heterocycles. The third-order valence-corrected chi connectivity index (χ3v) is 6.90. The van der Waals surface area contributed by atoms with Gasteiger partial charge in [0.15, 0.2) is 0 Å². The number of ether oxygens (including phenoxy) is 1. The zero-order chi connectivity index (χ0) is 22.3. The highest BCUT2D eigenvalue weighted by atomic mass is 32.2. The summed E-state index contributed by atoms with van der Waals surface area (Å²) in [6, 6.07) is 14.7. The summed E-state index contributed by atoms with van der Waals surface area (Å²) in [4.78, 5) is 13.9. The maximum Gasteiger partial charge on any atom is 0.243 e. The molecule has 2 aromatic rings. The van der Waals surface area contributed by atoms with Crippen LogP contribution >= 0.6 is 0 Å². The van der Waals surface area contributed by atoms with Crippen molar-refractivity contribution in [1.82, 2.24) is 9.21 Å². The van der Waals surface area contributed by atoms with E-state index in [2.05, 4.69) is 22.4 Å². The molecule has 8 heteroatoms. The van der Waals surface area contributed by atoms with Gasteiger partial charge in [0.2, 0.25) is 15.9 Å². The monoisotopic (exact) mass is 443 g/mol. The third kappa shape index (κ3) is 6.16. The minimum atomic E-state index is -3.66. The largest absolute Gasteiger partial charge is 0.492 e. The number of piperazine rings is 1. The first-order chi connectivity index (χ1) is 14.9. The summed E-state index contributed by atoms with van der Waals surface area (Å²) in [5, 5.41) is 2.65. The molecule has 7 nitrogen and oxygen atoms in total. The second kappa shape index (κ2) is 10.6. The highest BCUT2D eigenvalue weighted by molar-refractivity contribution is 7.89. The van der Waals surface area contributed by atoms with Gasteiger partial charge < -0.3 is 10.1 Å². The average molecular weight is 444 g/mol. The van der Waals surface area contributed by atoms with E-state index in [1.54, 1.807) is 6.07 Å². The van der Waals surface area contributed by atoms with Crippen molar-refractivity contribution in [3.05, 3.63) is 60.2 Å². The lowest BCUT2D eigenvalue weighted by Gasteiger charge is -2.33. The molecule has 1 aliphatic heterocycles. The maximum absolute atomic E-state index is 13.1. The van der Waals surface area contributed by atoms with E-state index in [0.29, 0.717) is 44.2 Å². The Labute approximate surface area is 184 Å². The molecule has 0 unspecified atom stereocenters. The van der Waals surface area contributed by atoms with E-state index in [1.165, 1.54) is 23.4 Å². The van der Waals surface area contributed by atoms with Gasteiger partial charge in [-0.1, -0.05) is 42.5 Å². The van der Waals surface area contributed by atoms with Gasteiger partial charge in [0, 0.05) is 39.6 Å². The van der Waals surface area contributed by atoms with Crippen LogP contribution in [0.4, 0.5) is 5.69 Å². The fraction of sp³-hybridized carbons (Fsp3) is 0.348. The number of rotatable bonds is 8. The average Bonchev–Trinajstić information content (AvgIpc) is 2.76. The number of carbonyl (C=O) groups excluding carboxylic acids is 1. The number of amides is 1. The lowest BCUT2D eigenvalue weighted by Crippen LogP contribution is -2.48. The molecule has 2 aromatic carbocycles. The Bertz CT molecular complexity index is 1010. The summed E-state index contributed by atoms with van der Waals surface area (Å²) in [5.41, 5.74) is 1.51. The number of anilines is 1. The number of nitrogens with one attached hydrogen (secondary N) is 1. The Morgan fingerprint density at radius 3 is 2.45 bits per heavy atom. The zero-order valence-corrected chi connectivity index (χ0v) is 18.8. The van der Waals surface area contributed by atoms with E-state index in [4.69, 9.17) is 4.74 Å². The Morgan fingerprint density at radius 1 is 1.10 bits per heavy atom. The van der Waals surface area contributed by atoms with Gasteiger partial charge in [-0.3, -0.25) is 9.69 Å². The van der Waals surface area contributed by atoms with Crippen molar-refractivity contribution < 1.29 is 17.9 Å². The van der Waals surface area contributed by atoms with Gasteiger partial charge in [-0.2, -0.15) is 4.31 Å². The minimum Gasteiger partial charge on any atom is -0.492 e. The summed E-state index contributed by atoms with van der Waals surface area (Å²) in [6.45, 7) is 6.56. The molecule has 3 rings (SSSR count). The predicted molar refractivity (Wildman–Crippen MR) is 123 cm³/mol. The first-order valence-electron chi connectivity index (χ1n) is 10.4. The van der Waals surface area contributed by atoms with E-state index in [1.807, 2.05) is 37.3 Å². The van der Waals surface area contributed by atoms with Crippen molar-refractivity contribution in [2.24, 2.45) is 0 Å². The van der Waals surface area contributed by atoms with Crippen LogP contribution in [0.1, 0.15) is 19.4 Å². The lowest BCUT2D eigenvalue weighted by atomic mass is 10.2. The number of hydrogen-bond donors (Lipinski definition) is 1. The van der Waals surface area contributed by atoms with Crippen molar-refractivity contribution in [3.8, 4) is 5.75 Å².